The average Bonchev–Trinajstić information content (AvgIpc) is 3.12. The molecule has 1 aliphatic rings. The Morgan fingerprint density at radius 2 is 1.94 bits per heavy atom. The van der Waals surface area contributed by atoms with Gasteiger partial charge in [-0.1, -0.05) is 45.5 Å². The molecule has 0 fully saturated rings. The molecule has 7 nitrogen and oxygen atoms in total. The second-order valence-electron chi connectivity index (χ2n) is 7.50. The highest BCUT2D eigenvalue weighted by atomic mass is 79.9. The molecule has 2 aromatic carbocycles. The predicted octanol–water partition coefficient (Wildman–Crippen LogP) is 3.77. The lowest BCUT2D eigenvalue weighted by molar-refractivity contribution is -0.138. The molecule has 0 spiro atoms. The van der Waals surface area contributed by atoms with Gasteiger partial charge in [0.15, 0.2) is 16.3 Å². The van der Waals surface area contributed by atoms with E-state index in [1.165, 1.54) is 22.0 Å². The summed E-state index contributed by atoms with van der Waals surface area (Å²) < 4.78 is 13.6. The number of hydrogen-bond acceptors (Lipinski definition) is 7. The summed E-state index contributed by atoms with van der Waals surface area (Å²) in [6.07, 6.45) is 1.72. The predicted molar refractivity (Wildman–Crippen MR) is 135 cm³/mol. The van der Waals surface area contributed by atoms with Gasteiger partial charge >= 0.3 is 5.97 Å². The number of halogens is 1. The number of carbonyl (C=O) groups is 1. The number of carbonyl (C=O) groups excluding carboxylic acids is 1. The molecule has 1 N–H and O–H groups in total. The molecule has 0 radical (unpaired) electrons. The van der Waals surface area contributed by atoms with E-state index >= 15 is 0 Å². The SMILES string of the molecule is CCOC(=O)C1=C(C)n2c(s/c(=C\c3ccc(O)c(OCC)c3)c2=O)=N[C@H]1c1ccc(Br)cc1. The van der Waals surface area contributed by atoms with Crippen molar-refractivity contribution < 1.29 is 19.4 Å². The number of rotatable bonds is 6. The summed E-state index contributed by atoms with van der Waals surface area (Å²) >= 11 is 4.68. The highest BCUT2D eigenvalue weighted by molar-refractivity contribution is 9.10. The van der Waals surface area contributed by atoms with Crippen molar-refractivity contribution in [3.05, 3.63) is 83.3 Å². The average molecular weight is 543 g/mol. The van der Waals surface area contributed by atoms with E-state index in [0.29, 0.717) is 38.5 Å². The molecule has 0 amide bonds. The van der Waals surface area contributed by atoms with Crippen LogP contribution in [0.5, 0.6) is 11.5 Å². The van der Waals surface area contributed by atoms with Crippen LogP contribution in [0.3, 0.4) is 0 Å². The quantitative estimate of drug-likeness (QED) is 0.479. The summed E-state index contributed by atoms with van der Waals surface area (Å²) in [6.45, 7) is 5.93. The third-order valence-electron chi connectivity index (χ3n) is 5.31. The number of aromatic nitrogens is 1. The van der Waals surface area contributed by atoms with Crippen LogP contribution in [0.4, 0.5) is 0 Å². The van der Waals surface area contributed by atoms with Gasteiger partial charge in [-0.05, 0) is 62.2 Å². The van der Waals surface area contributed by atoms with Crippen molar-refractivity contribution in [2.75, 3.05) is 13.2 Å². The summed E-state index contributed by atoms with van der Waals surface area (Å²) in [5, 5.41) is 9.96. The lowest BCUT2D eigenvalue weighted by atomic mass is 9.97. The van der Waals surface area contributed by atoms with E-state index < -0.39 is 12.0 Å². The molecule has 176 valence electrons. The standard InChI is InChI=1S/C25H23BrN2O5S/c1-4-32-19-12-15(6-11-18(19)29)13-20-23(30)28-14(3)21(24(31)33-5-2)22(27-25(28)34-20)16-7-9-17(26)10-8-16/h6-13,22,29H,4-5H2,1-3H3/b20-13-/t22-/m0/s1. The second kappa shape index (κ2) is 9.99. The number of allylic oxidation sites excluding steroid dienone is 1. The number of aromatic hydroxyl groups is 1. The Labute approximate surface area is 208 Å². The van der Waals surface area contributed by atoms with Gasteiger partial charge in [0.1, 0.15) is 6.04 Å². The molecule has 4 rings (SSSR count). The molecule has 3 aromatic rings. The Hall–Kier alpha value is -3.17. The van der Waals surface area contributed by atoms with E-state index in [9.17, 15) is 14.7 Å². The maximum absolute atomic E-state index is 13.3. The monoisotopic (exact) mass is 542 g/mol. The Bertz CT molecular complexity index is 1450. The Kier molecular flexibility index (Phi) is 7.04. The van der Waals surface area contributed by atoms with Crippen LogP contribution in [-0.2, 0) is 9.53 Å². The lowest BCUT2D eigenvalue weighted by Crippen LogP contribution is -2.35. The van der Waals surface area contributed by atoms with Gasteiger partial charge < -0.3 is 14.6 Å². The molecule has 1 atom stereocenters. The Balaban J connectivity index is 1.90. The van der Waals surface area contributed by atoms with Crippen molar-refractivity contribution in [2.24, 2.45) is 4.99 Å². The van der Waals surface area contributed by atoms with Crippen LogP contribution < -0.4 is 19.6 Å². The maximum atomic E-state index is 13.3. The summed E-state index contributed by atoms with van der Waals surface area (Å²) in [4.78, 5) is 31.5. The number of phenols is 1. The van der Waals surface area contributed by atoms with Crippen LogP contribution in [-0.4, -0.2) is 28.9 Å². The highest BCUT2D eigenvalue weighted by Crippen LogP contribution is 2.33. The van der Waals surface area contributed by atoms with Crippen LogP contribution in [0.2, 0.25) is 0 Å². The zero-order valence-corrected chi connectivity index (χ0v) is 21.3. The minimum Gasteiger partial charge on any atom is -0.504 e. The molecule has 1 aromatic heterocycles. The first-order chi connectivity index (χ1) is 16.3. The van der Waals surface area contributed by atoms with Crippen molar-refractivity contribution in [1.29, 1.82) is 0 Å². The van der Waals surface area contributed by atoms with Gasteiger partial charge in [0.2, 0.25) is 0 Å². The molecular formula is C25H23BrN2O5S. The summed E-state index contributed by atoms with van der Waals surface area (Å²) in [7, 11) is 0. The number of fused-ring (bicyclic) bond motifs is 1. The second-order valence-corrected chi connectivity index (χ2v) is 9.42. The molecule has 0 aliphatic carbocycles. The molecule has 9 heteroatoms. The molecule has 34 heavy (non-hydrogen) atoms. The van der Waals surface area contributed by atoms with Crippen LogP contribution in [0.25, 0.3) is 11.8 Å². The van der Waals surface area contributed by atoms with Crippen molar-refractivity contribution in [2.45, 2.75) is 26.8 Å². The first-order valence-corrected chi connectivity index (χ1v) is 12.4. The Morgan fingerprint density at radius 1 is 1.21 bits per heavy atom. The third-order valence-corrected chi connectivity index (χ3v) is 6.82. The van der Waals surface area contributed by atoms with Crippen molar-refractivity contribution in [3.63, 3.8) is 0 Å². The van der Waals surface area contributed by atoms with Crippen LogP contribution in [0.15, 0.2) is 62.3 Å². The maximum Gasteiger partial charge on any atom is 0.338 e. The number of ether oxygens (including phenoxy) is 2. The fourth-order valence-corrected chi connectivity index (χ4v) is 5.05. The molecule has 2 heterocycles. The number of phenolic OH excluding ortho intramolecular Hbond substituents is 1. The fourth-order valence-electron chi connectivity index (χ4n) is 3.75. The lowest BCUT2D eigenvalue weighted by Gasteiger charge is -2.22. The van der Waals surface area contributed by atoms with Gasteiger partial charge in [0.25, 0.3) is 5.56 Å². The number of nitrogens with zero attached hydrogens (tertiary/aromatic N) is 2. The smallest absolute Gasteiger partial charge is 0.338 e. The summed E-state index contributed by atoms with van der Waals surface area (Å²) in [5.41, 5.74) is 2.09. The van der Waals surface area contributed by atoms with Gasteiger partial charge in [0.05, 0.1) is 23.3 Å². The zero-order chi connectivity index (χ0) is 24.4. The highest BCUT2D eigenvalue weighted by Gasteiger charge is 2.31. The topological polar surface area (TPSA) is 90.1 Å². The normalized spacial score (nSPS) is 15.6. The number of esters is 1. The van der Waals surface area contributed by atoms with Crippen molar-refractivity contribution >= 4 is 45.0 Å². The largest absolute Gasteiger partial charge is 0.504 e. The van der Waals surface area contributed by atoms with E-state index in [-0.39, 0.29) is 17.9 Å². The van der Waals surface area contributed by atoms with E-state index in [2.05, 4.69) is 15.9 Å². The number of benzene rings is 2. The molecule has 1 aliphatic heterocycles. The first kappa shape index (κ1) is 24.0. The van der Waals surface area contributed by atoms with Gasteiger partial charge in [-0.3, -0.25) is 9.36 Å². The van der Waals surface area contributed by atoms with Crippen molar-refractivity contribution in [3.8, 4) is 11.5 Å². The minimum absolute atomic E-state index is 0.0337. The van der Waals surface area contributed by atoms with Gasteiger partial charge in [0, 0.05) is 10.2 Å². The first-order valence-electron chi connectivity index (χ1n) is 10.7. The number of hydrogen-bond donors (Lipinski definition) is 1. The fraction of sp³-hybridized carbons (Fsp3) is 0.240. The van der Waals surface area contributed by atoms with E-state index in [1.807, 2.05) is 31.2 Å². The van der Waals surface area contributed by atoms with E-state index in [0.717, 1.165) is 10.0 Å². The molecule has 0 bridgehead atoms. The molecule has 0 saturated carbocycles. The minimum atomic E-state index is -0.587. The summed E-state index contributed by atoms with van der Waals surface area (Å²) in [6, 6.07) is 11.9. The molecule has 0 saturated heterocycles. The molecular weight excluding hydrogens is 520 g/mol. The van der Waals surface area contributed by atoms with Gasteiger partial charge in [-0.25, -0.2) is 9.79 Å². The zero-order valence-electron chi connectivity index (χ0n) is 18.9. The van der Waals surface area contributed by atoms with Crippen LogP contribution in [0.1, 0.15) is 37.9 Å². The summed E-state index contributed by atoms with van der Waals surface area (Å²) in [5.74, 6) is -0.115. The molecule has 0 unspecified atom stereocenters. The van der Waals surface area contributed by atoms with Crippen LogP contribution >= 0.6 is 27.3 Å². The van der Waals surface area contributed by atoms with Crippen molar-refractivity contribution in [1.82, 2.24) is 4.57 Å². The number of thiazole rings is 1. The van der Waals surface area contributed by atoms with Gasteiger partial charge in [-0.2, -0.15) is 0 Å². The van der Waals surface area contributed by atoms with Gasteiger partial charge in [-0.15, -0.1) is 0 Å². The van der Waals surface area contributed by atoms with E-state index in [1.54, 1.807) is 32.1 Å². The Morgan fingerprint density at radius 3 is 2.62 bits per heavy atom. The van der Waals surface area contributed by atoms with Crippen LogP contribution in [0, 0.1) is 0 Å². The van der Waals surface area contributed by atoms with E-state index in [4.69, 9.17) is 14.5 Å². The third kappa shape index (κ3) is 4.58.